The lowest BCUT2D eigenvalue weighted by atomic mass is 10.2. The molecule has 0 amide bonds. The van der Waals surface area contributed by atoms with Crippen molar-refractivity contribution in [1.82, 2.24) is 15.0 Å². The summed E-state index contributed by atoms with van der Waals surface area (Å²) in [6.45, 7) is 2.06. The Kier molecular flexibility index (Phi) is 5.30. The summed E-state index contributed by atoms with van der Waals surface area (Å²) in [5, 5.41) is 7.62. The molecular formula is C13H12BrClFN3O2. The molecule has 0 N–H and O–H groups in total. The topological polar surface area (TPSA) is 57.0 Å². The molecule has 0 saturated carbocycles. The molecule has 0 radical (unpaired) electrons. The van der Waals surface area contributed by atoms with Crippen LogP contribution in [0.3, 0.4) is 0 Å². The van der Waals surface area contributed by atoms with Crippen molar-refractivity contribution in [3.05, 3.63) is 45.4 Å². The fourth-order valence-corrected chi connectivity index (χ4v) is 2.36. The first-order valence-corrected chi connectivity index (χ1v) is 7.49. The standard InChI is InChI=1S/C13H12BrClFN3O2/c1-2-21-13(20)12-11(6-15)19(18-17-12)7-8-3-4-9(14)5-10(8)16/h3-5H,2,6-7H2,1H3. The summed E-state index contributed by atoms with van der Waals surface area (Å²) in [4.78, 5) is 11.7. The minimum Gasteiger partial charge on any atom is -0.461 e. The SMILES string of the molecule is CCOC(=O)c1nnn(Cc2ccc(Br)cc2F)c1CCl. The molecule has 0 bridgehead atoms. The van der Waals surface area contributed by atoms with E-state index in [9.17, 15) is 9.18 Å². The van der Waals surface area contributed by atoms with Gasteiger partial charge in [-0.15, -0.1) is 16.7 Å². The summed E-state index contributed by atoms with van der Waals surface area (Å²) in [7, 11) is 0. The van der Waals surface area contributed by atoms with E-state index in [-0.39, 0.29) is 30.5 Å². The van der Waals surface area contributed by atoms with Crippen LogP contribution in [0, 0.1) is 5.82 Å². The predicted molar refractivity (Wildman–Crippen MR) is 78.7 cm³/mol. The van der Waals surface area contributed by atoms with E-state index in [0.29, 0.717) is 15.7 Å². The molecule has 1 aromatic carbocycles. The second-order valence-electron chi connectivity index (χ2n) is 4.13. The van der Waals surface area contributed by atoms with Gasteiger partial charge in [0.1, 0.15) is 5.82 Å². The van der Waals surface area contributed by atoms with Crippen LogP contribution in [0.1, 0.15) is 28.7 Å². The van der Waals surface area contributed by atoms with Gasteiger partial charge in [0, 0.05) is 10.0 Å². The Morgan fingerprint density at radius 1 is 1.52 bits per heavy atom. The third kappa shape index (κ3) is 3.59. The van der Waals surface area contributed by atoms with Gasteiger partial charge in [-0.3, -0.25) is 0 Å². The Hall–Kier alpha value is -1.47. The van der Waals surface area contributed by atoms with E-state index in [4.69, 9.17) is 16.3 Å². The lowest BCUT2D eigenvalue weighted by Gasteiger charge is -2.07. The van der Waals surface area contributed by atoms with Gasteiger partial charge in [-0.05, 0) is 19.1 Å². The molecule has 2 aromatic rings. The maximum Gasteiger partial charge on any atom is 0.360 e. The predicted octanol–water partition coefficient (Wildman–Crippen LogP) is 3.14. The second kappa shape index (κ2) is 7.00. The molecule has 0 atom stereocenters. The summed E-state index contributed by atoms with van der Waals surface area (Å²) < 4.78 is 20.8. The molecular weight excluding hydrogens is 365 g/mol. The minimum atomic E-state index is -0.587. The monoisotopic (exact) mass is 375 g/mol. The van der Waals surface area contributed by atoms with E-state index in [1.165, 1.54) is 10.7 Å². The Labute approximate surface area is 134 Å². The number of halogens is 3. The third-order valence-electron chi connectivity index (χ3n) is 2.77. The van der Waals surface area contributed by atoms with Crippen LogP contribution < -0.4 is 0 Å². The maximum absolute atomic E-state index is 13.8. The number of carbonyl (C=O) groups is 1. The fraction of sp³-hybridized carbons (Fsp3) is 0.308. The van der Waals surface area contributed by atoms with Gasteiger partial charge in [0.2, 0.25) is 0 Å². The Bertz CT molecular complexity index is 663. The van der Waals surface area contributed by atoms with Gasteiger partial charge in [0.25, 0.3) is 0 Å². The summed E-state index contributed by atoms with van der Waals surface area (Å²) in [5.41, 5.74) is 0.881. The van der Waals surface area contributed by atoms with E-state index in [0.717, 1.165) is 0 Å². The summed E-state index contributed by atoms with van der Waals surface area (Å²) in [6.07, 6.45) is 0. The molecule has 0 spiro atoms. The van der Waals surface area contributed by atoms with E-state index in [1.54, 1.807) is 19.1 Å². The highest BCUT2D eigenvalue weighted by Crippen LogP contribution is 2.18. The second-order valence-corrected chi connectivity index (χ2v) is 5.32. The molecule has 0 fully saturated rings. The third-order valence-corrected chi connectivity index (χ3v) is 3.51. The van der Waals surface area contributed by atoms with E-state index < -0.39 is 5.97 Å². The van der Waals surface area contributed by atoms with Gasteiger partial charge in [-0.1, -0.05) is 27.2 Å². The first-order valence-electron chi connectivity index (χ1n) is 6.16. The molecule has 0 unspecified atom stereocenters. The summed E-state index contributed by atoms with van der Waals surface area (Å²) in [6, 6.07) is 4.71. The van der Waals surface area contributed by atoms with Gasteiger partial charge >= 0.3 is 5.97 Å². The molecule has 112 valence electrons. The van der Waals surface area contributed by atoms with Gasteiger partial charge < -0.3 is 4.74 Å². The Morgan fingerprint density at radius 2 is 2.29 bits per heavy atom. The van der Waals surface area contributed by atoms with Crippen LogP contribution in [0.2, 0.25) is 0 Å². The van der Waals surface area contributed by atoms with Crippen LogP contribution in [0.15, 0.2) is 22.7 Å². The fourth-order valence-electron chi connectivity index (χ4n) is 1.76. The van der Waals surface area contributed by atoms with Gasteiger partial charge in [0.05, 0.1) is 24.7 Å². The van der Waals surface area contributed by atoms with Crippen molar-refractivity contribution in [1.29, 1.82) is 0 Å². The van der Waals surface area contributed by atoms with Crippen molar-refractivity contribution in [3.63, 3.8) is 0 Å². The number of ether oxygens (including phenoxy) is 1. The largest absolute Gasteiger partial charge is 0.461 e. The van der Waals surface area contributed by atoms with Crippen molar-refractivity contribution >= 4 is 33.5 Å². The number of rotatable bonds is 5. The van der Waals surface area contributed by atoms with Crippen molar-refractivity contribution in [2.24, 2.45) is 0 Å². The van der Waals surface area contributed by atoms with Crippen LogP contribution in [-0.2, 0) is 17.2 Å². The van der Waals surface area contributed by atoms with Crippen LogP contribution in [0.5, 0.6) is 0 Å². The van der Waals surface area contributed by atoms with Gasteiger partial charge in [0.15, 0.2) is 5.69 Å². The van der Waals surface area contributed by atoms with Crippen LogP contribution in [0.25, 0.3) is 0 Å². The number of benzene rings is 1. The van der Waals surface area contributed by atoms with Crippen molar-refractivity contribution in [2.75, 3.05) is 6.61 Å². The van der Waals surface area contributed by atoms with Crippen LogP contribution >= 0.6 is 27.5 Å². The molecule has 2 rings (SSSR count). The molecule has 1 aromatic heterocycles. The molecule has 0 aliphatic carbocycles. The van der Waals surface area contributed by atoms with E-state index >= 15 is 0 Å². The Morgan fingerprint density at radius 3 is 2.90 bits per heavy atom. The lowest BCUT2D eigenvalue weighted by Crippen LogP contribution is -2.11. The minimum absolute atomic E-state index is 0.0271. The number of esters is 1. The van der Waals surface area contributed by atoms with Gasteiger partial charge in [-0.2, -0.15) is 0 Å². The zero-order chi connectivity index (χ0) is 15.4. The molecule has 5 nitrogen and oxygen atoms in total. The maximum atomic E-state index is 13.8. The smallest absolute Gasteiger partial charge is 0.360 e. The molecule has 1 heterocycles. The average molecular weight is 377 g/mol. The quantitative estimate of drug-likeness (QED) is 0.594. The molecule has 8 heteroatoms. The molecule has 0 saturated heterocycles. The van der Waals surface area contributed by atoms with Crippen molar-refractivity contribution < 1.29 is 13.9 Å². The highest BCUT2D eigenvalue weighted by atomic mass is 79.9. The molecule has 21 heavy (non-hydrogen) atoms. The van der Waals surface area contributed by atoms with Crippen LogP contribution in [-0.4, -0.2) is 27.6 Å². The number of carbonyl (C=O) groups excluding carboxylic acids is 1. The number of aromatic nitrogens is 3. The Balaban J connectivity index is 2.30. The number of hydrogen-bond donors (Lipinski definition) is 0. The summed E-state index contributed by atoms with van der Waals surface area (Å²) in [5.74, 6) is -0.937. The first kappa shape index (κ1) is 15.9. The van der Waals surface area contributed by atoms with Gasteiger partial charge in [-0.25, -0.2) is 13.9 Å². The highest BCUT2D eigenvalue weighted by Gasteiger charge is 2.20. The molecule has 0 aliphatic rings. The van der Waals surface area contributed by atoms with E-state index in [2.05, 4.69) is 26.2 Å². The lowest BCUT2D eigenvalue weighted by molar-refractivity contribution is 0.0518. The van der Waals surface area contributed by atoms with E-state index in [1.807, 2.05) is 0 Å². The number of alkyl halides is 1. The number of hydrogen-bond acceptors (Lipinski definition) is 4. The van der Waals surface area contributed by atoms with Crippen molar-refractivity contribution in [2.45, 2.75) is 19.3 Å². The highest BCUT2D eigenvalue weighted by molar-refractivity contribution is 9.10. The van der Waals surface area contributed by atoms with Crippen LogP contribution in [0.4, 0.5) is 4.39 Å². The van der Waals surface area contributed by atoms with Crippen molar-refractivity contribution in [3.8, 4) is 0 Å². The summed E-state index contributed by atoms with van der Waals surface area (Å²) >= 11 is 9.04. The molecule has 0 aliphatic heterocycles. The normalized spacial score (nSPS) is 10.7. The average Bonchev–Trinajstić information content (AvgIpc) is 2.85. The zero-order valence-corrected chi connectivity index (χ0v) is 13.5. The number of nitrogens with zero attached hydrogens (tertiary/aromatic N) is 3. The zero-order valence-electron chi connectivity index (χ0n) is 11.1. The first-order chi connectivity index (χ1) is 10.1.